The molecule has 0 spiro atoms. The number of aliphatic carboxylic acids is 1. The van der Waals surface area contributed by atoms with Crippen molar-refractivity contribution in [3.05, 3.63) is 18.1 Å². The van der Waals surface area contributed by atoms with E-state index in [-0.39, 0.29) is 12.1 Å². The van der Waals surface area contributed by atoms with Crippen molar-refractivity contribution in [3.8, 4) is 6.07 Å². The van der Waals surface area contributed by atoms with E-state index in [4.69, 9.17) is 10.4 Å². The van der Waals surface area contributed by atoms with Gasteiger partial charge in [-0.3, -0.25) is 4.79 Å². The van der Waals surface area contributed by atoms with Gasteiger partial charge in [-0.15, -0.1) is 0 Å². The Hall–Kier alpha value is -2.16. The maximum absolute atomic E-state index is 10.4. The minimum Gasteiger partial charge on any atom is -0.481 e. The van der Waals surface area contributed by atoms with Crippen molar-refractivity contribution < 1.29 is 9.90 Å². The highest BCUT2D eigenvalue weighted by molar-refractivity contribution is 5.67. The number of anilines is 1. The van der Waals surface area contributed by atoms with E-state index < -0.39 is 5.97 Å². The Bertz CT molecular complexity index is 399. The molecule has 0 saturated carbocycles. The number of carbonyl (C=O) groups is 1. The van der Waals surface area contributed by atoms with Gasteiger partial charge < -0.3 is 10.0 Å². The molecule has 0 aliphatic rings. The summed E-state index contributed by atoms with van der Waals surface area (Å²) in [6.07, 6.45) is 2.89. The third kappa shape index (κ3) is 2.91. The molecule has 0 aliphatic carbocycles. The molecule has 15 heavy (non-hydrogen) atoms. The average Bonchev–Trinajstić information content (AvgIpc) is 2.25. The van der Waals surface area contributed by atoms with E-state index in [0.717, 1.165) is 0 Å². The second-order valence-corrected chi connectivity index (χ2v) is 2.91. The van der Waals surface area contributed by atoms with E-state index in [1.54, 1.807) is 11.9 Å². The van der Waals surface area contributed by atoms with Gasteiger partial charge in [0.15, 0.2) is 11.5 Å². The van der Waals surface area contributed by atoms with Crippen LogP contribution in [0.15, 0.2) is 12.4 Å². The van der Waals surface area contributed by atoms with E-state index in [1.807, 2.05) is 6.07 Å². The monoisotopic (exact) mass is 206 g/mol. The Morgan fingerprint density at radius 2 is 2.27 bits per heavy atom. The third-order valence-corrected chi connectivity index (χ3v) is 1.81. The fourth-order valence-corrected chi connectivity index (χ4v) is 1.06. The first-order valence-corrected chi connectivity index (χ1v) is 4.29. The van der Waals surface area contributed by atoms with Crippen LogP contribution < -0.4 is 4.90 Å². The van der Waals surface area contributed by atoms with Crippen LogP contribution in [0.25, 0.3) is 0 Å². The van der Waals surface area contributed by atoms with Crippen molar-refractivity contribution >= 4 is 11.8 Å². The van der Waals surface area contributed by atoms with Crippen molar-refractivity contribution in [2.75, 3.05) is 18.5 Å². The molecule has 78 valence electrons. The lowest BCUT2D eigenvalue weighted by molar-refractivity contribution is -0.136. The van der Waals surface area contributed by atoms with Crippen molar-refractivity contribution in [1.29, 1.82) is 5.26 Å². The lowest BCUT2D eigenvalue weighted by Gasteiger charge is -2.16. The Kier molecular flexibility index (Phi) is 3.57. The molecule has 0 aromatic carbocycles. The van der Waals surface area contributed by atoms with Gasteiger partial charge in [0, 0.05) is 26.0 Å². The summed E-state index contributed by atoms with van der Waals surface area (Å²) in [5.41, 5.74) is 0.199. The summed E-state index contributed by atoms with van der Waals surface area (Å²) in [5.74, 6) is -0.481. The number of carboxylic acids is 1. The average molecular weight is 206 g/mol. The topological polar surface area (TPSA) is 90.1 Å². The van der Waals surface area contributed by atoms with Gasteiger partial charge >= 0.3 is 5.97 Å². The standard InChI is InChI=1S/C9H10N4O2/c1-13(5-2-8(14)15)9-7(6-10)11-3-4-12-9/h3-4H,2,5H2,1H3,(H,14,15). The first kappa shape index (κ1) is 10.9. The molecule has 0 atom stereocenters. The highest BCUT2D eigenvalue weighted by Gasteiger charge is 2.10. The van der Waals surface area contributed by atoms with Crippen LogP contribution in [0.5, 0.6) is 0 Å². The van der Waals surface area contributed by atoms with Gasteiger partial charge in [0.2, 0.25) is 0 Å². The molecule has 0 unspecified atom stereocenters. The molecule has 1 aromatic heterocycles. The molecule has 6 heteroatoms. The number of aromatic nitrogens is 2. The number of hydrogen-bond acceptors (Lipinski definition) is 5. The molecule has 0 radical (unpaired) electrons. The summed E-state index contributed by atoms with van der Waals surface area (Å²) in [5, 5.41) is 17.3. The van der Waals surface area contributed by atoms with Crippen molar-refractivity contribution in [1.82, 2.24) is 9.97 Å². The predicted octanol–water partition coefficient (Wildman–Crippen LogP) is 0.259. The van der Waals surface area contributed by atoms with Crippen LogP contribution in [0.1, 0.15) is 12.1 Å². The summed E-state index contributed by atoms with van der Waals surface area (Å²) in [7, 11) is 1.67. The lowest BCUT2D eigenvalue weighted by Crippen LogP contribution is -2.23. The lowest BCUT2D eigenvalue weighted by atomic mass is 10.3. The molecule has 0 aliphatic heterocycles. The van der Waals surface area contributed by atoms with Crippen LogP contribution in [0.3, 0.4) is 0 Å². The zero-order valence-corrected chi connectivity index (χ0v) is 8.21. The molecule has 6 nitrogen and oxygen atoms in total. The highest BCUT2D eigenvalue weighted by atomic mass is 16.4. The van der Waals surface area contributed by atoms with Crippen LogP contribution in [0, 0.1) is 11.3 Å². The smallest absolute Gasteiger partial charge is 0.305 e. The van der Waals surface area contributed by atoms with E-state index in [9.17, 15) is 4.79 Å². The van der Waals surface area contributed by atoms with Gasteiger partial charge in [0.05, 0.1) is 6.42 Å². The van der Waals surface area contributed by atoms with E-state index in [0.29, 0.717) is 12.4 Å². The van der Waals surface area contributed by atoms with E-state index in [1.165, 1.54) is 12.4 Å². The van der Waals surface area contributed by atoms with Crippen molar-refractivity contribution in [3.63, 3.8) is 0 Å². The first-order chi connectivity index (χ1) is 7.15. The maximum Gasteiger partial charge on any atom is 0.305 e. The predicted molar refractivity (Wildman–Crippen MR) is 52.3 cm³/mol. The van der Waals surface area contributed by atoms with Crippen molar-refractivity contribution in [2.45, 2.75) is 6.42 Å². The third-order valence-electron chi connectivity index (χ3n) is 1.81. The number of rotatable bonds is 4. The van der Waals surface area contributed by atoms with Gasteiger partial charge in [-0.25, -0.2) is 9.97 Å². The van der Waals surface area contributed by atoms with Gasteiger partial charge in [-0.05, 0) is 0 Å². The summed E-state index contributed by atoms with van der Waals surface area (Å²) in [4.78, 5) is 19.8. The SMILES string of the molecule is CN(CCC(=O)O)c1nccnc1C#N. The van der Waals surface area contributed by atoms with Crippen molar-refractivity contribution in [2.24, 2.45) is 0 Å². The molecule has 0 amide bonds. The first-order valence-electron chi connectivity index (χ1n) is 4.29. The molecular formula is C9H10N4O2. The van der Waals surface area contributed by atoms with Crippen LogP contribution >= 0.6 is 0 Å². The zero-order chi connectivity index (χ0) is 11.3. The molecular weight excluding hydrogens is 196 g/mol. The molecule has 1 rings (SSSR count). The van der Waals surface area contributed by atoms with Gasteiger partial charge in [-0.2, -0.15) is 5.26 Å². The molecule has 0 fully saturated rings. The summed E-state index contributed by atoms with van der Waals surface area (Å²) in [6, 6.07) is 1.90. The van der Waals surface area contributed by atoms with Gasteiger partial charge in [-0.1, -0.05) is 0 Å². The number of nitrogens with zero attached hydrogens (tertiary/aromatic N) is 4. The number of carboxylic acid groups (broad SMARTS) is 1. The normalized spacial score (nSPS) is 9.33. The van der Waals surface area contributed by atoms with E-state index >= 15 is 0 Å². The fourth-order valence-electron chi connectivity index (χ4n) is 1.06. The zero-order valence-electron chi connectivity index (χ0n) is 8.21. The second-order valence-electron chi connectivity index (χ2n) is 2.91. The minimum atomic E-state index is -0.885. The van der Waals surface area contributed by atoms with Crippen LogP contribution in [-0.2, 0) is 4.79 Å². The Balaban J connectivity index is 2.77. The largest absolute Gasteiger partial charge is 0.481 e. The Morgan fingerprint density at radius 1 is 1.60 bits per heavy atom. The maximum atomic E-state index is 10.4. The number of nitriles is 1. The summed E-state index contributed by atoms with van der Waals surface area (Å²) < 4.78 is 0. The van der Waals surface area contributed by atoms with E-state index in [2.05, 4.69) is 9.97 Å². The second kappa shape index (κ2) is 4.91. The molecule has 1 aromatic rings. The highest BCUT2D eigenvalue weighted by Crippen LogP contribution is 2.11. The Morgan fingerprint density at radius 3 is 2.87 bits per heavy atom. The van der Waals surface area contributed by atoms with Gasteiger partial charge in [0.25, 0.3) is 0 Å². The minimum absolute atomic E-state index is 0.00204. The van der Waals surface area contributed by atoms with Crippen LogP contribution in [-0.4, -0.2) is 34.6 Å². The molecule has 1 heterocycles. The quantitative estimate of drug-likeness (QED) is 0.759. The molecule has 1 N–H and O–H groups in total. The summed E-state index contributed by atoms with van der Waals surface area (Å²) >= 11 is 0. The van der Waals surface area contributed by atoms with Crippen LogP contribution in [0.4, 0.5) is 5.82 Å². The van der Waals surface area contributed by atoms with Gasteiger partial charge in [0.1, 0.15) is 6.07 Å². The number of hydrogen-bond donors (Lipinski definition) is 1. The molecule has 0 bridgehead atoms. The Labute approximate surface area is 86.8 Å². The summed E-state index contributed by atoms with van der Waals surface area (Å²) in [6.45, 7) is 0.294. The molecule has 0 saturated heterocycles. The van der Waals surface area contributed by atoms with Crippen LogP contribution in [0.2, 0.25) is 0 Å². The fraction of sp³-hybridized carbons (Fsp3) is 0.333.